The third kappa shape index (κ3) is 2.22. The van der Waals surface area contributed by atoms with Crippen molar-refractivity contribution in [2.24, 2.45) is 0 Å². The number of benzene rings is 1. The number of carbonyl (C=O) groups excluding carboxylic acids is 1. The largest absolute Gasteiger partial charge is 0.496 e. The van der Waals surface area contributed by atoms with E-state index in [-0.39, 0.29) is 5.91 Å². The van der Waals surface area contributed by atoms with Gasteiger partial charge in [-0.15, -0.1) is 11.3 Å². The summed E-state index contributed by atoms with van der Waals surface area (Å²) in [6.45, 7) is 3.95. The lowest BCUT2D eigenvalue weighted by atomic mass is 10.0. The molecule has 1 aliphatic rings. The molecule has 1 N–H and O–H groups in total. The van der Waals surface area contributed by atoms with Crippen LogP contribution in [-0.2, 0) is 4.79 Å². The fourth-order valence-electron chi connectivity index (χ4n) is 2.90. The highest BCUT2D eigenvalue weighted by atomic mass is 35.5. The van der Waals surface area contributed by atoms with Crippen LogP contribution in [0.15, 0.2) is 18.3 Å². The molecule has 122 valence electrons. The maximum absolute atomic E-state index is 12.4. The molecule has 0 saturated heterocycles. The van der Waals surface area contributed by atoms with E-state index in [0.29, 0.717) is 16.4 Å². The number of thiazole rings is 1. The summed E-state index contributed by atoms with van der Waals surface area (Å²) in [5.41, 5.74) is 3.81. The van der Waals surface area contributed by atoms with E-state index in [9.17, 15) is 4.79 Å². The van der Waals surface area contributed by atoms with Gasteiger partial charge in [-0.05, 0) is 37.6 Å². The molecule has 7 heteroatoms. The van der Waals surface area contributed by atoms with E-state index >= 15 is 0 Å². The maximum atomic E-state index is 12.4. The van der Waals surface area contributed by atoms with Gasteiger partial charge in [-0.2, -0.15) is 0 Å². The number of ether oxygens (including phenoxy) is 1. The molecule has 24 heavy (non-hydrogen) atoms. The molecular formula is C17H14ClN3O2S. The monoisotopic (exact) mass is 359 g/mol. The Morgan fingerprint density at radius 3 is 2.92 bits per heavy atom. The van der Waals surface area contributed by atoms with Crippen molar-refractivity contribution in [2.75, 3.05) is 12.4 Å². The van der Waals surface area contributed by atoms with Crippen molar-refractivity contribution in [3.8, 4) is 5.75 Å². The standard InChI is InChI=1S/C17H14ClN3O2S/c1-8-4-12-10(6-14(8)23-3)11(16(22)19-12)5-13-15(18)20-17-21(13)7-9(2)24-17/h4-7H,1-3H3,(H,19,22)/b11-5+. The van der Waals surface area contributed by atoms with Gasteiger partial charge < -0.3 is 10.1 Å². The molecule has 0 aliphatic carbocycles. The predicted octanol–water partition coefficient (Wildman–Crippen LogP) is 4.17. The SMILES string of the molecule is COc1cc2c(cc1C)NC(=O)/C2=C/c1c(Cl)nc2sc(C)cn12. The number of fused-ring (bicyclic) bond motifs is 2. The van der Waals surface area contributed by atoms with Crippen molar-refractivity contribution in [1.82, 2.24) is 9.38 Å². The summed E-state index contributed by atoms with van der Waals surface area (Å²) in [6, 6.07) is 3.79. The van der Waals surface area contributed by atoms with Gasteiger partial charge in [0.15, 0.2) is 10.1 Å². The minimum Gasteiger partial charge on any atom is -0.496 e. The third-order valence-electron chi connectivity index (χ3n) is 4.03. The summed E-state index contributed by atoms with van der Waals surface area (Å²) in [5.74, 6) is 0.586. The minimum atomic E-state index is -0.157. The first-order valence-electron chi connectivity index (χ1n) is 7.34. The Bertz CT molecular complexity index is 1030. The van der Waals surface area contributed by atoms with Crippen LogP contribution in [0.4, 0.5) is 5.69 Å². The molecule has 0 saturated carbocycles. The third-order valence-corrected chi connectivity index (χ3v) is 5.21. The smallest absolute Gasteiger partial charge is 0.256 e. The molecule has 0 spiro atoms. The average Bonchev–Trinajstić information content (AvgIpc) is 3.11. The van der Waals surface area contributed by atoms with Gasteiger partial charge >= 0.3 is 0 Å². The molecule has 1 aliphatic heterocycles. The Kier molecular flexibility index (Phi) is 3.40. The summed E-state index contributed by atoms with van der Waals surface area (Å²) in [7, 11) is 1.62. The molecule has 2 aromatic heterocycles. The molecule has 3 heterocycles. The molecule has 0 fully saturated rings. The molecule has 0 bridgehead atoms. The van der Waals surface area contributed by atoms with Crippen LogP contribution in [0.3, 0.4) is 0 Å². The van der Waals surface area contributed by atoms with Crippen molar-refractivity contribution >= 4 is 51.1 Å². The van der Waals surface area contributed by atoms with Crippen molar-refractivity contribution in [3.05, 3.63) is 45.2 Å². The summed E-state index contributed by atoms with van der Waals surface area (Å²) in [5, 5.41) is 3.28. The van der Waals surface area contributed by atoms with Crippen LogP contribution in [0, 0.1) is 13.8 Å². The molecular weight excluding hydrogens is 346 g/mol. The van der Waals surface area contributed by atoms with Crippen molar-refractivity contribution in [2.45, 2.75) is 13.8 Å². The van der Waals surface area contributed by atoms with Crippen molar-refractivity contribution < 1.29 is 9.53 Å². The van der Waals surface area contributed by atoms with Gasteiger partial charge in [-0.1, -0.05) is 11.6 Å². The van der Waals surface area contributed by atoms with Crippen LogP contribution in [0.5, 0.6) is 5.75 Å². The second-order valence-electron chi connectivity index (χ2n) is 5.66. The lowest BCUT2D eigenvalue weighted by Crippen LogP contribution is -2.03. The van der Waals surface area contributed by atoms with Crippen LogP contribution in [-0.4, -0.2) is 22.4 Å². The van der Waals surface area contributed by atoms with Gasteiger partial charge in [0.2, 0.25) is 0 Å². The number of halogens is 1. The highest BCUT2D eigenvalue weighted by molar-refractivity contribution is 7.17. The normalized spacial score (nSPS) is 15.2. The van der Waals surface area contributed by atoms with E-state index in [1.165, 1.54) is 0 Å². The predicted molar refractivity (Wildman–Crippen MR) is 97.0 cm³/mol. The van der Waals surface area contributed by atoms with Crippen molar-refractivity contribution in [3.63, 3.8) is 0 Å². The summed E-state index contributed by atoms with van der Waals surface area (Å²) in [6.07, 6.45) is 3.75. The van der Waals surface area contributed by atoms with Crippen LogP contribution in [0.25, 0.3) is 16.6 Å². The number of carbonyl (C=O) groups is 1. The van der Waals surface area contributed by atoms with E-state index in [2.05, 4.69) is 10.3 Å². The molecule has 0 atom stereocenters. The molecule has 0 unspecified atom stereocenters. The summed E-state index contributed by atoms with van der Waals surface area (Å²) >= 11 is 7.83. The molecule has 4 rings (SSSR count). The van der Waals surface area contributed by atoms with E-state index in [1.54, 1.807) is 24.5 Å². The minimum absolute atomic E-state index is 0.157. The molecule has 0 radical (unpaired) electrons. The molecule has 1 amide bonds. The highest BCUT2D eigenvalue weighted by Gasteiger charge is 2.26. The maximum Gasteiger partial charge on any atom is 0.256 e. The first-order valence-corrected chi connectivity index (χ1v) is 8.53. The number of nitrogens with one attached hydrogen (secondary N) is 1. The Morgan fingerprint density at radius 2 is 2.17 bits per heavy atom. The number of hydrogen-bond donors (Lipinski definition) is 1. The number of nitrogens with zero attached hydrogens (tertiary/aromatic N) is 2. The Labute approximate surface area is 147 Å². The number of anilines is 1. The zero-order chi connectivity index (χ0) is 17.0. The fourth-order valence-corrected chi connectivity index (χ4v) is 4.01. The van der Waals surface area contributed by atoms with Crippen LogP contribution >= 0.6 is 22.9 Å². The Balaban J connectivity index is 1.92. The van der Waals surface area contributed by atoms with Gasteiger partial charge in [0, 0.05) is 22.3 Å². The molecule has 1 aromatic carbocycles. The zero-order valence-electron chi connectivity index (χ0n) is 13.3. The van der Waals surface area contributed by atoms with Crippen LogP contribution in [0.2, 0.25) is 5.15 Å². The fraction of sp³-hybridized carbons (Fsp3) is 0.176. The zero-order valence-corrected chi connectivity index (χ0v) is 14.9. The second-order valence-corrected chi connectivity index (χ2v) is 7.23. The number of imidazole rings is 1. The van der Waals surface area contributed by atoms with Gasteiger partial charge in [0.05, 0.1) is 18.4 Å². The number of rotatable bonds is 2. The van der Waals surface area contributed by atoms with E-state index < -0.39 is 0 Å². The van der Waals surface area contributed by atoms with E-state index in [4.69, 9.17) is 16.3 Å². The summed E-state index contributed by atoms with van der Waals surface area (Å²) < 4.78 is 7.29. The second kappa shape index (κ2) is 5.36. The highest BCUT2D eigenvalue weighted by Crippen LogP contribution is 2.38. The van der Waals surface area contributed by atoms with Gasteiger partial charge in [-0.25, -0.2) is 4.98 Å². The number of methoxy groups -OCH3 is 1. The van der Waals surface area contributed by atoms with Gasteiger partial charge in [-0.3, -0.25) is 9.20 Å². The van der Waals surface area contributed by atoms with Crippen LogP contribution < -0.4 is 10.1 Å². The Morgan fingerprint density at radius 1 is 1.38 bits per heavy atom. The summed E-state index contributed by atoms with van der Waals surface area (Å²) in [4.78, 5) is 18.7. The lowest BCUT2D eigenvalue weighted by Gasteiger charge is -2.07. The van der Waals surface area contributed by atoms with Crippen LogP contribution in [0.1, 0.15) is 21.7 Å². The number of aromatic nitrogens is 2. The number of aryl methyl sites for hydroxylation is 2. The van der Waals surface area contributed by atoms with E-state index in [0.717, 1.165) is 32.4 Å². The Hall–Kier alpha value is -2.31. The average molecular weight is 360 g/mol. The van der Waals surface area contributed by atoms with Gasteiger partial charge in [0.25, 0.3) is 5.91 Å². The topological polar surface area (TPSA) is 55.6 Å². The number of amides is 1. The van der Waals surface area contributed by atoms with E-state index in [1.807, 2.05) is 36.6 Å². The molecule has 5 nitrogen and oxygen atoms in total. The quantitative estimate of drug-likeness (QED) is 0.699. The lowest BCUT2D eigenvalue weighted by molar-refractivity contribution is -0.110. The van der Waals surface area contributed by atoms with Crippen molar-refractivity contribution in [1.29, 1.82) is 0 Å². The first kappa shape index (κ1) is 15.2. The van der Waals surface area contributed by atoms with Gasteiger partial charge in [0.1, 0.15) is 5.75 Å². The first-order chi connectivity index (χ1) is 11.5. The molecule has 3 aromatic rings. The number of hydrogen-bond acceptors (Lipinski definition) is 4.